The average Bonchev–Trinajstić information content (AvgIpc) is 2.88. The summed E-state index contributed by atoms with van der Waals surface area (Å²) < 4.78 is 0. The molecule has 0 saturated carbocycles. The van der Waals surface area contributed by atoms with Gasteiger partial charge in [0.1, 0.15) is 0 Å². The fourth-order valence-electron chi connectivity index (χ4n) is 1.99. The minimum Gasteiger partial charge on any atom is -0.294 e. The third-order valence-electron chi connectivity index (χ3n) is 3.25. The molecule has 2 heteroatoms. The molecule has 2 rings (SSSR count). The van der Waals surface area contributed by atoms with E-state index < -0.39 is 0 Å². The summed E-state index contributed by atoms with van der Waals surface area (Å²) in [6, 6.07) is 12.2. The van der Waals surface area contributed by atoms with Gasteiger partial charge in [-0.05, 0) is 28.8 Å². The number of carbonyl (C=O) groups is 1. The van der Waals surface area contributed by atoms with E-state index >= 15 is 0 Å². The highest BCUT2D eigenvalue weighted by Gasteiger charge is 2.14. The molecule has 19 heavy (non-hydrogen) atoms. The smallest absolute Gasteiger partial charge is 0.163 e. The van der Waals surface area contributed by atoms with Crippen LogP contribution in [0.5, 0.6) is 0 Å². The number of carbonyl (C=O) groups excluding carboxylic acids is 1. The summed E-state index contributed by atoms with van der Waals surface area (Å²) in [5.74, 6) is 0.230. The minimum absolute atomic E-state index is 0.137. The van der Waals surface area contributed by atoms with Crippen molar-refractivity contribution in [2.75, 3.05) is 0 Å². The van der Waals surface area contributed by atoms with Gasteiger partial charge in [-0.1, -0.05) is 51.1 Å². The Morgan fingerprint density at radius 3 is 2.32 bits per heavy atom. The molecule has 0 spiro atoms. The first-order chi connectivity index (χ1) is 8.97. The van der Waals surface area contributed by atoms with Crippen molar-refractivity contribution in [2.45, 2.75) is 39.0 Å². The largest absolute Gasteiger partial charge is 0.294 e. The van der Waals surface area contributed by atoms with E-state index in [-0.39, 0.29) is 11.2 Å². The fourth-order valence-corrected chi connectivity index (χ4v) is 2.70. The normalized spacial score (nSPS) is 11.5. The Balaban J connectivity index is 2.00. The summed E-state index contributed by atoms with van der Waals surface area (Å²) in [6.07, 6.45) is 1.44. The highest BCUT2D eigenvalue weighted by Crippen LogP contribution is 2.22. The maximum atomic E-state index is 12.1. The molecular formula is C17H20OS. The van der Waals surface area contributed by atoms with E-state index in [9.17, 15) is 4.79 Å². The minimum atomic E-state index is 0.137. The molecule has 0 saturated heterocycles. The van der Waals surface area contributed by atoms with Gasteiger partial charge in [0.2, 0.25) is 0 Å². The zero-order valence-corrected chi connectivity index (χ0v) is 12.6. The lowest BCUT2D eigenvalue weighted by atomic mass is 9.86. The first-order valence-corrected chi connectivity index (χ1v) is 7.51. The second-order valence-corrected chi connectivity index (χ2v) is 6.86. The van der Waals surface area contributed by atoms with Crippen LogP contribution in [0.15, 0.2) is 41.8 Å². The molecule has 0 atom stereocenters. The van der Waals surface area contributed by atoms with Crippen molar-refractivity contribution in [2.24, 2.45) is 0 Å². The summed E-state index contributed by atoms with van der Waals surface area (Å²) in [6.45, 7) is 6.54. The van der Waals surface area contributed by atoms with E-state index in [4.69, 9.17) is 0 Å². The van der Waals surface area contributed by atoms with Crippen LogP contribution in [0.1, 0.15) is 48.0 Å². The van der Waals surface area contributed by atoms with Gasteiger partial charge in [0.25, 0.3) is 0 Å². The molecule has 2 aromatic rings. The fraction of sp³-hybridized carbons (Fsp3) is 0.353. The van der Waals surface area contributed by atoms with Crippen molar-refractivity contribution < 1.29 is 4.79 Å². The van der Waals surface area contributed by atoms with Crippen LogP contribution in [0, 0.1) is 0 Å². The van der Waals surface area contributed by atoms with E-state index in [0.29, 0.717) is 6.42 Å². The Bertz CT molecular complexity index is 530. The van der Waals surface area contributed by atoms with Gasteiger partial charge in [-0.15, -0.1) is 11.3 Å². The number of aryl methyl sites for hydroxylation is 1. The molecule has 0 N–H and O–H groups in total. The summed E-state index contributed by atoms with van der Waals surface area (Å²) in [7, 11) is 0. The molecule has 0 amide bonds. The predicted octanol–water partition coefficient (Wildman–Crippen LogP) is 4.86. The summed E-state index contributed by atoms with van der Waals surface area (Å²) in [5, 5.41) is 2.05. The second kappa shape index (κ2) is 5.70. The number of thiophene rings is 1. The van der Waals surface area contributed by atoms with Crippen LogP contribution in [0.4, 0.5) is 0 Å². The third-order valence-corrected chi connectivity index (χ3v) is 4.19. The van der Waals surface area contributed by atoms with Gasteiger partial charge in [-0.2, -0.15) is 0 Å². The molecule has 1 aromatic heterocycles. The molecule has 0 radical (unpaired) electrons. The van der Waals surface area contributed by atoms with Crippen LogP contribution in [0.25, 0.3) is 0 Å². The highest BCUT2D eigenvalue weighted by atomic mass is 32.1. The van der Waals surface area contributed by atoms with E-state index in [1.807, 2.05) is 18.2 Å². The molecule has 1 nitrogen and oxygen atoms in total. The zero-order valence-electron chi connectivity index (χ0n) is 11.8. The van der Waals surface area contributed by atoms with Crippen LogP contribution >= 0.6 is 11.3 Å². The van der Waals surface area contributed by atoms with E-state index in [1.54, 1.807) is 11.3 Å². The Labute approximate surface area is 119 Å². The SMILES string of the molecule is CC(C)(C)c1ccc(C(=O)CCc2cccs2)cc1. The van der Waals surface area contributed by atoms with Gasteiger partial charge in [0.05, 0.1) is 0 Å². The number of Topliss-reactive ketones (excluding diaryl/α,β-unsaturated/α-hetero) is 1. The summed E-state index contributed by atoms with van der Waals surface area (Å²) in [4.78, 5) is 13.4. The number of hydrogen-bond acceptors (Lipinski definition) is 2. The number of benzene rings is 1. The van der Waals surface area contributed by atoms with Gasteiger partial charge in [-0.3, -0.25) is 4.79 Å². The Morgan fingerprint density at radius 1 is 1.11 bits per heavy atom. The molecule has 0 bridgehead atoms. The van der Waals surface area contributed by atoms with Crippen molar-refractivity contribution in [1.29, 1.82) is 0 Å². The van der Waals surface area contributed by atoms with Gasteiger partial charge in [0.15, 0.2) is 5.78 Å². The van der Waals surface area contributed by atoms with Crippen molar-refractivity contribution in [1.82, 2.24) is 0 Å². The predicted molar refractivity (Wildman–Crippen MR) is 82.1 cm³/mol. The molecular weight excluding hydrogens is 252 g/mol. The van der Waals surface area contributed by atoms with Crippen LogP contribution < -0.4 is 0 Å². The zero-order chi connectivity index (χ0) is 13.9. The van der Waals surface area contributed by atoms with Crippen LogP contribution in [0.3, 0.4) is 0 Å². The first-order valence-electron chi connectivity index (χ1n) is 6.63. The molecule has 1 aromatic carbocycles. The lowest BCUT2D eigenvalue weighted by molar-refractivity contribution is 0.0983. The molecule has 0 aliphatic carbocycles. The Hall–Kier alpha value is -1.41. The number of ketones is 1. The Kier molecular flexibility index (Phi) is 4.20. The maximum absolute atomic E-state index is 12.1. The van der Waals surface area contributed by atoms with E-state index in [1.165, 1.54) is 10.4 Å². The lowest BCUT2D eigenvalue weighted by Crippen LogP contribution is -2.11. The third kappa shape index (κ3) is 3.77. The monoisotopic (exact) mass is 272 g/mol. The Morgan fingerprint density at radius 2 is 1.79 bits per heavy atom. The molecule has 0 aliphatic heterocycles. The summed E-state index contributed by atoms with van der Waals surface area (Å²) >= 11 is 1.71. The van der Waals surface area contributed by atoms with Crippen molar-refractivity contribution in [3.8, 4) is 0 Å². The van der Waals surface area contributed by atoms with Crippen LogP contribution in [-0.4, -0.2) is 5.78 Å². The van der Waals surface area contributed by atoms with Gasteiger partial charge in [-0.25, -0.2) is 0 Å². The quantitative estimate of drug-likeness (QED) is 0.726. The molecule has 0 fully saturated rings. The lowest BCUT2D eigenvalue weighted by Gasteiger charge is -2.18. The van der Waals surface area contributed by atoms with Crippen LogP contribution in [-0.2, 0) is 11.8 Å². The molecule has 0 aliphatic rings. The van der Waals surface area contributed by atoms with Crippen molar-refractivity contribution in [3.63, 3.8) is 0 Å². The molecule has 1 heterocycles. The van der Waals surface area contributed by atoms with E-state index in [2.05, 4.69) is 44.4 Å². The number of rotatable bonds is 4. The van der Waals surface area contributed by atoms with E-state index in [0.717, 1.165) is 12.0 Å². The molecule has 0 unspecified atom stereocenters. The number of hydrogen-bond donors (Lipinski definition) is 0. The maximum Gasteiger partial charge on any atom is 0.163 e. The average molecular weight is 272 g/mol. The van der Waals surface area contributed by atoms with Crippen molar-refractivity contribution in [3.05, 3.63) is 57.8 Å². The summed E-state index contributed by atoms with van der Waals surface area (Å²) in [5.41, 5.74) is 2.23. The second-order valence-electron chi connectivity index (χ2n) is 5.83. The van der Waals surface area contributed by atoms with Gasteiger partial charge in [0, 0.05) is 16.9 Å². The van der Waals surface area contributed by atoms with Crippen molar-refractivity contribution >= 4 is 17.1 Å². The topological polar surface area (TPSA) is 17.1 Å². The standard InChI is InChI=1S/C17H20OS/c1-17(2,3)14-8-6-13(7-9-14)16(18)11-10-15-5-4-12-19-15/h4-9,12H,10-11H2,1-3H3. The first kappa shape index (κ1) is 14.0. The van der Waals surface area contributed by atoms with Crippen LogP contribution in [0.2, 0.25) is 0 Å². The molecule has 100 valence electrons. The van der Waals surface area contributed by atoms with Gasteiger partial charge < -0.3 is 0 Å². The highest BCUT2D eigenvalue weighted by molar-refractivity contribution is 7.09. The van der Waals surface area contributed by atoms with Gasteiger partial charge >= 0.3 is 0 Å².